The van der Waals surface area contributed by atoms with Crippen LogP contribution in [0.5, 0.6) is 5.75 Å². The molecule has 8 nitrogen and oxygen atoms in total. The van der Waals surface area contributed by atoms with E-state index in [9.17, 15) is 18.0 Å². The van der Waals surface area contributed by atoms with E-state index in [1.54, 1.807) is 19.2 Å². The van der Waals surface area contributed by atoms with Crippen LogP contribution in [0.1, 0.15) is 28.7 Å². The zero-order valence-corrected chi connectivity index (χ0v) is 18.2. The normalized spacial score (nSPS) is 12.6. The summed E-state index contributed by atoms with van der Waals surface area (Å²) in [5.41, 5.74) is 1.61. The maximum absolute atomic E-state index is 12.6. The number of aromatic nitrogens is 2. The number of halogens is 3. The second-order valence-corrected chi connectivity index (χ2v) is 7.30. The lowest BCUT2D eigenvalue weighted by atomic mass is 10.1. The average Bonchev–Trinajstić information content (AvgIpc) is 3.29. The highest BCUT2D eigenvalue weighted by Crippen LogP contribution is 2.29. The second-order valence-electron chi connectivity index (χ2n) is 7.30. The van der Waals surface area contributed by atoms with Crippen LogP contribution in [0.4, 0.5) is 13.2 Å². The Morgan fingerprint density at radius 2 is 1.82 bits per heavy atom. The number of nitrogens with zero attached hydrogens (tertiary/aromatic N) is 3. The number of alkyl halides is 3. The van der Waals surface area contributed by atoms with Crippen LogP contribution in [0.25, 0.3) is 11.4 Å². The third-order valence-corrected chi connectivity index (χ3v) is 4.59. The van der Waals surface area contributed by atoms with Crippen molar-refractivity contribution in [2.24, 2.45) is 0 Å². The van der Waals surface area contributed by atoms with Gasteiger partial charge in [-0.05, 0) is 36.8 Å². The highest BCUT2D eigenvalue weighted by Gasteiger charge is 2.38. The summed E-state index contributed by atoms with van der Waals surface area (Å²) in [5, 5.41) is 7.80. The molecule has 0 saturated heterocycles. The van der Waals surface area contributed by atoms with Gasteiger partial charge in [0, 0.05) is 30.8 Å². The zero-order valence-electron chi connectivity index (χ0n) is 18.2. The van der Waals surface area contributed by atoms with Gasteiger partial charge in [-0.15, -0.1) is 0 Å². The molecule has 1 atom stereocenters. The molecule has 0 spiro atoms. The predicted molar refractivity (Wildman–Crippen MR) is 112 cm³/mol. The molecule has 0 fully saturated rings. The van der Waals surface area contributed by atoms with Gasteiger partial charge in [0.1, 0.15) is 5.75 Å². The van der Waals surface area contributed by atoms with Crippen molar-refractivity contribution in [3.8, 4) is 17.1 Å². The van der Waals surface area contributed by atoms with Gasteiger partial charge in [-0.1, -0.05) is 29.4 Å². The Hall–Kier alpha value is -3.44. The Balaban J connectivity index is 1.49. The molecule has 3 aromatic rings. The molecule has 176 valence electrons. The largest absolute Gasteiger partial charge is 0.497 e. The van der Waals surface area contributed by atoms with Gasteiger partial charge >= 0.3 is 12.1 Å². The smallest absolute Gasteiger partial charge is 0.471 e. The van der Waals surface area contributed by atoms with Crippen molar-refractivity contribution in [3.63, 3.8) is 0 Å². The van der Waals surface area contributed by atoms with Crippen LogP contribution in [-0.4, -0.2) is 47.9 Å². The highest BCUT2D eigenvalue weighted by atomic mass is 19.4. The lowest BCUT2D eigenvalue weighted by Gasteiger charge is -2.22. The van der Waals surface area contributed by atoms with Crippen molar-refractivity contribution in [1.82, 2.24) is 20.5 Å². The third kappa shape index (κ3) is 6.77. The minimum Gasteiger partial charge on any atom is -0.497 e. The minimum absolute atomic E-state index is 0.210. The number of methoxy groups -OCH3 is 1. The fourth-order valence-electron chi connectivity index (χ4n) is 2.92. The molecule has 3 rings (SSSR count). The van der Waals surface area contributed by atoms with Crippen molar-refractivity contribution in [3.05, 3.63) is 65.5 Å². The van der Waals surface area contributed by atoms with Crippen LogP contribution >= 0.6 is 0 Å². The molecule has 1 heterocycles. The third-order valence-electron chi connectivity index (χ3n) is 4.59. The van der Waals surface area contributed by atoms with Crippen molar-refractivity contribution < 1.29 is 32.1 Å². The molecule has 0 radical (unpaired) electrons. The summed E-state index contributed by atoms with van der Waals surface area (Å²) in [4.78, 5) is 21.5. The van der Waals surface area contributed by atoms with Gasteiger partial charge in [0.25, 0.3) is 5.91 Å². The monoisotopic (exact) mass is 464 g/mol. The number of benzene rings is 2. The number of hydrogen-bond acceptors (Lipinski definition) is 7. The van der Waals surface area contributed by atoms with Crippen LogP contribution < -0.4 is 10.1 Å². The summed E-state index contributed by atoms with van der Waals surface area (Å²) in [6.45, 7) is 2.63. The molecule has 1 N–H and O–H groups in total. The summed E-state index contributed by atoms with van der Waals surface area (Å²) in [5.74, 6) is -1.20. The van der Waals surface area contributed by atoms with Gasteiger partial charge in [-0.25, -0.2) is 0 Å². The molecule has 2 aromatic carbocycles. The Labute approximate surface area is 188 Å². The molecular weight excluding hydrogens is 441 g/mol. The van der Waals surface area contributed by atoms with Crippen molar-refractivity contribution in [2.45, 2.75) is 25.7 Å². The molecule has 0 bridgehead atoms. The minimum atomic E-state index is -4.72. The van der Waals surface area contributed by atoms with E-state index < -0.39 is 12.1 Å². The van der Waals surface area contributed by atoms with Crippen LogP contribution in [0, 0.1) is 0 Å². The molecule has 1 aromatic heterocycles. The van der Waals surface area contributed by atoms with E-state index in [1.165, 1.54) is 24.3 Å². The summed E-state index contributed by atoms with van der Waals surface area (Å²) in [6, 6.07) is 13.1. The Bertz CT molecular complexity index is 1050. The second kappa shape index (κ2) is 10.5. The van der Waals surface area contributed by atoms with Gasteiger partial charge in [0.2, 0.25) is 5.82 Å². The van der Waals surface area contributed by atoms with Gasteiger partial charge in [-0.2, -0.15) is 23.2 Å². The maximum Gasteiger partial charge on any atom is 0.471 e. The summed E-state index contributed by atoms with van der Waals surface area (Å²) in [7, 11) is 3.37. The zero-order chi connectivity index (χ0) is 24.0. The maximum atomic E-state index is 12.6. The quantitative estimate of drug-likeness (QED) is 0.480. The molecule has 0 saturated carbocycles. The standard InChI is InChI=1S/C22H23F3N4O4/c1-14(12-29(2)32-13-15-4-10-18(31-3)11-5-15)26-20(30)17-8-6-16(7-9-17)19-27-21(33-28-19)22(23,24)25/h4-11,14H,12-13H2,1-3H3,(H,26,30). The molecule has 0 aliphatic rings. The molecular formula is C22H23F3N4O4. The van der Waals surface area contributed by atoms with E-state index in [4.69, 9.17) is 9.57 Å². The van der Waals surface area contributed by atoms with Crippen molar-refractivity contribution in [2.75, 3.05) is 20.7 Å². The molecule has 1 unspecified atom stereocenters. The topological polar surface area (TPSA) is 89.7 Å². The van der Waals surface area contributed by atoms with Crippen molar-refractivity contribution in [1.29, 1.82) is 0 Å². The SMILES string of the molecule is COc1ccc(CON(C)CC(C)NC(=O)c2ccc(-c3noc(C(F)(F)F)n3)cc2)cc1. The molecule has 11 heteroatoms. The van der Waals surface area contributed by atoms with Crippen molar-refractivity contribution >= 4 is 5.91 Å². The molecule has 33 heavy (non-hydrogen) atoms. The number of nitrogens with one attached hydrogen (secondary N) is 1. The van der Waals surface area contributed by atoms with E-state index in [0.29, 0.717) is 24.3 Å². The van der Waals surface area contributed by atoms with Gasteiger partial charge in [0.05, 0.1) is 13.7 Å². The predicted octanol–water partition coefficient (Wildman–Crippen LogP) is 3.95. The van der Waals surface area contributed by atoms with Crippen LogP contribution in [0.2, 0.25) is 0 Å². The first-order valence-corrected chi connectivity index (χ1v) is 9.95. The van der Waals surface area contributed by atoms with Gasteiger partial charge in [0.15, 0.2) is 0 Å². The molecule has 0 aliphatic carbocycles. The fourth-order valence-corrected chi connectivity index (χ4v) is 2.92. The van der Waals surface area contributed by atoms with E-state index in [1.807, 2.05) is 31.2 Å². The number of hydrogen-bond donors (Lipinski definition) is 1. The average molecular weight is 464 g/mol. The van der Waals surface area contributed by atoms with Crippen LogP contribution in [0.3, 0.4) is 0 Å². The first-order chi connectivity index (χ1) is 15.7. The number of amides is 1. The van der Waals surface area contributed by atoms with Crippen LogP contribution in [-0.2, 0) is 17.6 Å². The summed E-state index contributed by atoms with van der Waals surface area (Å²) in [6.07, 6.45) is -4.72. The number of carbonyl (C=O) groups is 1. The van der Waals surface area contributed by atoms with E-state index >= 15 is 0 Å². The van der Waals surface area contributed by atoms with E-state index in [0.717, 1.165) is 11.3 Å². The lowest BCUT2D eigenvalue weighted by Crippen LogP contribution is -2.40. The first-order valence-electron chi connectivity index (χ1n) is 9.95. The highest BCUT2D eigenvalue weighted by molar-refractivity contribution is 5.94. The summed E-state index contributed by atoms with van der Waals surface area (Å²) >= 11 is 0. The fraction of sp³-hybridized carbons (Fsp3) is 0.318. The van der Waals surface area contributed by atoms with E-state index in [-0.39, 0.29) is 17.8 Å². The Kier molecular flexibility index (Phi) is 7.67. The molecule has 0 aliphatic heterocycles. The summed E-state index contributed by atoms with van der Waals surface area (Å²) < 4.78 is 47.1. The number of likely N-dealkylation sites (N-methyl/N-ethyl adjacent to an activating group) is 1. The van der Waals surface area contributed by atoms with Crippen LogP contribution in [0.15, 0.2) is 53.1 Å². The molecule has 1 amide bonds. The number of rotatable bonds is 9. The lowest BCUT2D eigenvalue weighted by molar-refractivity contribution is -0.159. The number of carbonyl (C=O) groups excluding carboxylic acids is 1. The number of hydroxylamine groups is 2. The Morgan fingerprint density at radius 1 is 1.15 bits per heavy atom. The number of ether oxygens (including phenoxy) is 1. The van der Waals surface area contributed by atoms with Gasteiger partial charge in [-0.3, -0.25) is 9.63 Å². The van der Waals surface area contributed by atoms with E-state index in [2.05, 4.69) is 20.0 Å². The Morgan fingerprint density at radius 3 is 2.39 bits per heavy atom. The first kappa shape index (κ1) is 24.2. The van der Waals surface area contributed by atoms with Gasteiger partial charge < -0.3 is 14.6 Å².